The van der Waals surface area contributed by atoms with Gasteiger partial charge >= 0.3 is 0 Å². The molecule has 4 heteroatoms. The maximum Gasteiger partial charge on any atom is 0.236 e. The van der Waals surface area contributed by atoms with Gasteiger partial charge in [0.1, 0.15) is 5.82 Å². The normalized spacial score (nSPS) is 16.2. The van der Waals surface area contributed by atoms with Gasteiger partial charge in [-0.1, -0.05) is 31.4 Å². The molecular weight excluding hydrogens is 267 g/mol. The number of likely N-dealkylation sites (N-methyl/N-ethyl adjacent to an activating group) is 2. The van der Waals surface area contributed by atoms with E-state index in [0.717, 1.165) is 5.56 Å². The molecular formula is C17H25FN2O. The summed E-state index contributed by atoms with van der Waals surface area (Å²) < 4.78 is 12.9. The first-order chi connectivity index (χ1) is 10.1. The van der Waals surface area contributed by atoms with Crippen LogP contribution in [-0.2, 0) is 11.3 Å². The molecule has 116 valence electrons. The Kier molecular flexibility index (Phi) is 5.74. The van der Waals surface area contributed by atoms with Crippen molar-refractivity contribution < 1.29 is 9.18 Å². The van der Waals surface area contributed by atoms with E-state index in [1.54, 1.807) is 24.1 Å². The van der Waals surface area contributed by atoms with Crippen LogP contribution in [0, 0.1) is 5.82 Å². The van der Waals surface area contributed by atoms with Crippen molar-refractivity contribution in [1.82, 2.24) is 9.80 Å². The number of halogens is 1. The van der Waals surface area contributed by atoms with E-state index in [1.807, 2.05) is 7.05 Å². The number of amides is 1. The molecule has 0 heterocycles. The van der Waals surface area contributed by atoms with Crippen molar-refractivity contribution in [3.8, 4) is 0 Å². The first kappa shape index (κ1) is 16.0. The molecule has 1 fully saturated rings. The van der Waals surface area contributed by atoms with E-state index in [-0.39, 0.29) is 11.7 Å². The number of rotatable bonds is 5. The molecule has 1 aliphatic carbocycles. The van der Waals surface area contributed by atoms with Crippen LogP contribution in [0.2, 0.25) is 0 Å². The van der Waals surface area contributed by atoms with Gasteiger partial charge < -0.3 is 4.90 Å². The van der Waals surface area contributed by atoms with Crippen LogP contribution in [0.5, 0.6) is 0 Å². The van der Waals surface area contributed by atoms with Crippen molar-refractivity contribution in [1.29, 1.82) is 0 Å². The van der Waals surface area contributed by atoms with E-state index in [9.17, 15) is 9.18 Å². The van der Waals surface area contributed by atoms with Gasteiger partial charge in [0.05, 0.1) is 6.54 Å². The predicted molar refractivity (Wildman–Crippen MR) is 82.4 cm³/mol. The van der Waals surface area contributed by atoms with Gasteiger partial charge in [0, 0.05) is 19.6 Å². The van der Waals surface area contributed by atoms with Crippen LogP contribution in [-0.4, -0.2) is 42.4 Å². The van der Waals surface area contributed by atoms with Gasteiger partial charge in [0.15, 0.2) is 0 Å². The Morgan fingerprint density at radius 1 is 1.14 bits per heavy atom. The van der Waals surface area contributed by atoms with E-state index in [4.69, 9.17) is 0 Å². The average molecular weight is 292 g/mol. The molecule has 3 nitrogen and oxygen atoms in total. The van der Waals surface area contributed by atoms with Crippen LogP contribution in [0.3, 0.4) is 0 Å². The SMILES string of the molecule is CN(Cc1ccc(F)cc1)C(=O)CN(C)C1CCCCC1. The van der Waals surface area contributed by atoms with Crippen molar-refractivity contribution in [3.63, 3.8) is 0 Å². The average Bonchev–Trinajstić information content (AvgIpc) is 2.50. The first-order valence-electron chi connectivity index (χ1n) is 7.75. The lowest BCUT2D eigenvalue weighted by molar-refractivity contribution is -0.132. The summed E-state index contributed by atoms with van der Waals surface area (Å²) in [5.41, 5.74) is 0.951. The number of hydrogen-bond acceptors (Lipinski definition) is 2. The second-order valence-electron chi connectivity index (χ2n) is 6.08. The molecule has 1 amide bonds. The molecule has 2 rings (SSSR count). The van der Waals surface area contributed by atoms with Gasteiger partial charge in [-0.25, -0.2) is 4.39 Å². The quantitative estimate of drug-likeness (QED) is 0.833. The molecule has 1 saturated carbocycles. The lowest BCUT2D eigenvalue weighted by atomic mass is 9.94. The van der Waals surface area contributed by atoms with Crippen LogP contribution >= 0.6 is 0 Å². The van der Waals surface area contributed by atoms with Gasteiger partial charge in [-0.3, -0.25) is 9.69 Å². The van der Waals surface area contributed by atoms with Crippen LogP contribution < -0.4 is 0 Å². The summed E-state index contributed by atoms with van der Waals surface area (Å²) in [6.07, 6.45) is 6.27. The predicted octanol–water partition coefficient (Wildman–Crippen LogP) is 3.05. The van der Waals surface area contributed by atoms with Gasteiger partial charge in [-0.15, -0.1) is 0 Å². The van der Waals surface area contributed by atoms with E-state index in [0.29, 0.717) is 19.1 Å². The third-order valence-corrected chi connectivity index (χ3v) is 4.34. The molecule has 0 N–H and O–H groups in total. The zero-order valence-corrected chi connectivity index (χ0v) is 13.0. The fraction of sp³-hybridized carbons (Fsp3) is 0.588. The van der Waals surface area contributed by atoms with Crippen molar-refractivity contribution in [2.45, 2.75) is 44.7 Å². The lowest BCUT2D eigenvalue weighted by Gasteiger charge is -2.31. The van der Waals surface area contributed by atoms with Crippen molar-refractivity contribution in [2.24, 2.45) is 0 Å². The highest BCUT2D eigenvalue weighted by atomic mass is 19.1. The molecule has 21 heavy (non-hydrogen) atoms. The van der Waals surface area contributed by atoms with Crippen molar-refractivity contribution in [2.75, 3.05) is 20.6 Å². The zero-order valence-electron chi connectivity index (χ0n) is 13.0. The van der Waals surface area contributed by atoms with E-state index >= 15 is 0 Å². The summed E-state index contributed by atoms with van der Waals surface area (Å²) in [4.78, 5) is 16.2. The molecule has 0 bridgehead atoms. The molecule has 0 saturated heterocycles. The third-order valence-electron chi connectivity index (χ3n) is 4.34. The minimum atomic E-state index is -0.246. The molecule has 0 atom stereocenters. The summed E-state index contributed by atoms with van der Waals surface area (Å²) in [7, 11) is 3.85. The lowest BCUT2D eigenvalue weighted by Crippen LogP contribution is -2.41. The topological polar surface area (TPSA) is 23.6 Å². The molecule has 0 spiro atoms. The summed E-state index contributed by atoms with van der Waals surface area (Å²) >= 11 is 0. The number of carbonyl (C=O) groups is 1. The van der Waals surface area contributed by atoms with Crippen LogP contribution in [0.1, 0.15) is 37.7 Å². The highest BCUT2D eigenvalue weighted by molar-refractivity contribution is 5.78. The van der Waals surface area contributed by atoms with Crippen molar-refractivity contribution >= 4 is 5.91 Å². The molecule has 0 unspecified atom stereocenters. The standard InChI is InChI=1S/C17H25FN2O/c1-19(16-6-4-3-5-7-16)13-17(21)20(2)12-14-8-10-15(18)11-9-14/h8-11,16H,3-7,12-13H2,1-2H3. The van der Waals surface area contributed by atoms with Crippen LogP contribution in [0.15, 0.2) is 24.3 Å². The van der Waals surface area contributed by atoms with E-state index in [2.05, 4.69) is 4.90 Å². The monoisotopic (exact) mass is 292 g/mol. The fourth-order valence-electron chi connectivity index (χ4n) is 2.94. The second-order valence-corrected chi connectivity index (χ2v) is 6.08. The van der Waals surface area contributed by atoms with Gasteiger partial charge in [0.25, 0.3) is 0 Å². The Balaban J connectivity index is 1.82. The maximum atomic E-state index is 12.9. The second kappa shape index (κ2) is 7.55. The van der Waals surface area contributed by atoms with Crippen LogP contribution in [0.25, 0.3) is 0 Å². The third kappa shape index (κ3) is 4.81. The summed E-state index contributed by atoms with van der Waals surface area (Å²) in [5, 5.41) is 0. The largest absolute Gasteiger partial charge is 0.340 e. The highest BCUT2D eigenvalue weighted by Crippen LogP contribution is 2.21. The summed E-state index contributed by atoms with van der Waals surface area (Å²) in [6.45, 7) is 0.986. The summed E-state index contributed by atoms with van der Waals surface area (Å²) in [5.74, 6) is -0.128. The number of carbonyl (C=O) groups excluding carboxylic acids is 1. The highest BCUT2D eigenvalue weighted by Gasteiger charge is 2.21. The fourth-order valence-corrected chi connectivity index (χ4v) is 2.94. The van der Waals surface area contributed by atoms with Gasteiger partial charge in [-0.05, 0) is 37.6 Å². The summed E-state index contributed by atoms with van der Waals surface area (Å²) in [6, 6.07) is 6.86. The number of hydrogen-bond donors (Lipinski definition) is 0. The van der Waals surface area contributed by atoms with Crippen molar-refractivity contribution in [3.05, 3.63) is 35.6 Å². The van der Waals surface area contributed by atoms with E-state index in [1.165, 1.54) is 44.2 Å². The molecule has 0 aliphatic heterocycles. The van der Waals surface area contributed by atoms with Crippen LogP contribution in [0.4, 0.5) is 4.39 Å². The van der Waals surface area contributed by atoms with E-state index < -0.39 is 0 Å². The van der Waals surface area contributed by atoms with Gasteiger partial charge in [0.2, 0.25) is 5.91 Å². The number of nitrogens with zero attached hydrogens (tertiary/aromatic N) is 2. The zero-order chi connectivity index (χ0) is 15.2. The Hall–Kier alpha value is -1.42. The molecule has 0 aromatic heterocycles. The first-order valence-corrected chi connectivity index (χ1v) is 7.75. The maximum absolute atomic E-state index is 12.9. The Morgan fingerprint density at radius 2 is 1.76 bits per heavy atom. The molecule has 1 aromatic rings. The molecule has 1 aromatic carbocycles. The Labute approximate surface area is 126 Å². The Morgan fingerprint density at radius 3 is 2.38 bits per heavy atom. The molecule has 0 radical (unpaired) electrons. The minimum Gasteiger partial charge on any atom is -0.340 e. The number of benzene rings is 1. The van der Waals surface area contributed by atoms with Gasteiger partial charge in [-0.2, -0.15) is 0 Å². The molecule has 1 aliphatic rings. The minimum absolute atomic E-state index is 0.118. The Bertz CT molecular complexity index is 454. The smallest absolute Gasteiger partial charge is 0.236 e.